The first-order valence-corrected chi connectivity index (χ1v) is 5.65. The average Bonchev–Trinajstić information content (AvgIpc) is 2.16. The van der Waals surface area contributed by atoms with Crippen molar-refractivity contribution < 1.29 is 0 Å². The van der Waals surface area contributed by atoms with E-state index < -0.39 is 0 Å². The summed E-state index contributed by atoms with van der Waals surface area (Å²) in [6.45, 7) is 7.27. The molecule has 0 aliphatic heterocycles. The minimum atomic E-state index is -0.276. The van der Waals surface area contributed by atoms with Gasteiger partial charge in [-0.3, -0.25) is 4.79 Å². The molecule has 0 aromatic carbocycles. The Labute approximate surface area is 101 Å². The van der Waals surface area contributed by atoms with Crippen molar-refractivity contribution in [3.63, 3.8) is 0 Å². The van der Waals surface area contributed by atoms with Gasteiger partial charge in [-0.15, -0.1) is 0 Å². The van der Waals surface area contributed by atoms with Crippen molar-refractivity contribution in [2.45, 2.75) is 27.2 Å². The molecule has 0 fully saturated rings. The Balaban J connectivity index is 2.69. The Morgan fingerprint density at radius 3 is 2.69 bits per heavy atom. The lowest BCUT2D eigenvalue weighted by Gasteiger charge is -2.18. The van der Waals surface area contributed by atoms with Crippen LogP contribution in [0.4, 0.5) is 5.69 Å². The summed E-state index contributed by atoms with van der Waals surface area (Å²) in [4.78, 5) is 11.5. The van der Waals surface area contributed by atoms with E-state index in [0.717, 1.165) is 13.0 Å². The van der Waals surface area contributed by atoms with Crippen LogP contribution < -0.4 is 10.9 Å². The predicted molar refractivity (Wildman–Crippen MR) is 67.0 cm³/mol. The highest BCUT2D eigenvalue weighted by atomic mass is 35.5. The van der Waals surface area contributed by atoms with Crippen LogP contribution in [0.3, 0.4) is 0 Å². The molecule has 0 saturated heterocycles. The SMILES string of the molecule is Cn1ncc(NCCC(C)(C)C)c(Cl)c1=O. The van der Waals surface area contributed by atoms with Crippen LogP contribution in [0.1, 0.15) is 27.2 Å². The third-order valence-electron chi connectivity index (χ3n) is 2.27. The molecule has 90 valence electrons. The zero-order chi connectivity index (χ0) is 12.3. The van der Waals surface area contributed by atoms with Gasteiger partial charge in [0.25, 0.3) is 5.56 Å². The van der Waals surface area contributed by atoms with Crippen molar-refractivity contribution in [3.8, 4) is 0 Å². The Hall–Kier alpha value is -1.03. The van der Waals surface area contributed by atoms with Crippen molar-refractivity contribution in [2.75, 3.05) is 11.9 Å². The Morgan fingerprint density at radius 1 is 1.50 bits per heavy atom. The van der Waals surface area contributed by atoms with Crippen molar-refractivity contribution in [3.05, 3.63) is 21.6 Å². The van der Waals surface area contributed by atoms with Crippen LogP contribution in [0.2, 0.25) is 5.02 Å². The number of aromatic nitrogens is 2. The molecule has 0 spiro atoms. The molecular formula is C11H18ClN3O. The molecule has 0 aliphatic rings. The van der Waals surface area contributed by atoms with E-state index in [1.807, 2.05) is 0 Å². The lowest BCUT2D eigenvalue weighted by Crippen LogP contribution is -2.22. The molecule has 1 N–H and O–H groups in total. The molecule has 0 saturated carbocycles. The second-order valence-corrected chi connectivity index (χ2v) is 5.42. The number of anilines is 1. The Bertz CT molecular complexity index is 420. The molecule has 0 atom stereocenters. The summed E-state index contributed by atoms with van der Waals surface area (Å²) in [7, 11) is 1.58. The first kappa shape index (κ1) is 13.0. The van der Waals surface area contributed by atoms with E-state index in [0.29, 0.717) is 5.69 Å². The molecular weight excluding hydrogens is 226 g/mol. The van der Waals surface area contributed by atoms with Gasteiger partial charge in [0.05, 0.1) is 11.9 Å². The molecule has 1 aromatic rings. The fraction of sp³-hybridized carbons (Fsp3) is 0.636. The molecule has 0 unspecified atom stereocenters. The van der Waals surface area contributed by atoms with E-state index in [1.165, 1.54) is 4.68 Å². The Kier molecular flexibility index (Phi) is 3.97. The monoisotopic (exact) mass is 243 g/mol. The zero-order valence-electron chi connectivity index (χ0n) is 10.2. The normalized spacial score (nSPS) is 11.6. The van der Waals surface area contributed by atoms with Gasteiger partial charge in [0.15, 0.2) is 0 Å². The molecule has 0 radical (unpaired) electrons. The van der Waals surface area contributed by atoms with E-state index in [-0.39, 0.29) is 16.0 Å². The van der Waals surface area contributed by atoms with Crippen LogP contribution in [0, 0.1) is 5.41 Å². The van der Waals surface area contributed by atoms with Crippen LogP contribution in [0.5, 0.6) is 0 Å². The molecule has 1 heterocycles. The van der Waals surface area contributed by atoms with E-state index in [9.17, 15) is 4.79 Å². The highest BCUT2D eigenvalue weighted by molar-refractivity contribution is 6.32. The fourth-order valence-corrected chi connectivity index (χ4v) is 1.44. The van der Waals surface area contributed by atoms with E-state index in [4.69, 9.17) is 11.6 Å². The van der Waals surface area contributed by atoms with Gasteiger partial charge >= 0.3 is 0 Å². The van der Waals surface area contributed by atoms with Gasteiger partial charge in [-0.1, -0.05) is 32.4 Å². The smallest absolute Gasteiger partial charge is 0.287 e. The number of nitrogens with zero attached hydrogens (tertiary/aromatic N) is 2. The van der Waals surface area contributed by atoms with Crippen LogP contribution in [0.15, 0.2) is 11.0 Å². The van der Waals surface area contributed by atoms with Gasteiger partial charge in [0, 0.05) is 13.6 Å². The second-order valence-electron chi connectivity index (χ2n) is 5.04. The van der Waals surface area contributed by atoms with Gasteiger partial charge in [-0.2, -0.15) is 5.10 Å². The lowest BCUT2D eigenvalue weighted by atomic mass is 9.92. The van der Waals surface area contributed by atoms with Gasteiger partial charge in [-0.25, -0.2) is 4.68 Å². The third kappa shape index (κ3) is 3.52. The number of nitrogens with one attached hydrogen (secondary N) is 1. The van der Waals surface area contributed by atoms with E-state index in [1.54, 1.807) is 13.2 Å². The molecule has 1 rings (SSSR count). The van der Waals surface area contributed by atoms with Gasteiger partial charge < -0.3 is 5.32 Å². The number of rotatable bonds is 3. The quantitative estimate of drug-likeness (QED) is 0.886. The third-order valence-corrected chi connectivity index (χ3v) is 2.63. The minimum Gasteiger partial charge on any atom is -0.382 e. The van der Waals surface area contributed by atoms with Crippen LogP contribution in [0.25, 0.3) is 0 Å². The van der Waals surface area contributed by atoms with Crippen LogP contribution >= 0.6 is 11.6 Å². The standard InChI is InChI=1S/C11H18ClN3O/c1-11(2,3)5-6-13-8-7-14-15(4)10(16)9(8)12/h7,13H,5-6H2,1-4H3. The number of halogens is 1. The molecule has 4 nitrogen and oxygen atoms in total. The summed E-state index contributed by atoms with van der Waals surface area (Å²) >= 11 is 5.91. The van der Waals surface area contributed by atoms with E-state index in [2.05, 4.69) is 31.2 Å². The topological polar surface area (TPSA) is 46.9 Å². The number of hydrogen-bond donors (Lipinski definition) is 1. The van der Waals surface area contributed by atoms with Crippen LogP contribution in [-0.2, 0) is 7.05 Å². The highest BCUT2D eigenvalue weighted by Gasteiger charge is 2.11. The van der Waals surface area contributed by atoms with Crippen molar-refractivity contribution in [1.82, 2.24) is 9.78 Å². The molecule has 5 heteroatoms. The first-order valence-electron chi connectivity index (χ1n) is 5.27. The molecule has 1 aromatic heterocycles. The number of hydrogen-bond acceptors (Lipinski definition) is 3. The number of aryl methyl sites for hydroxylation is 1. The van der Waals surface area contributed by atoms with Gasteiger partial charge in [0.1, 0.15) is 5.02 Å². The summed E-state index contributed by atoms with van der Waals surface area (Å²) in [5.74, 6) is 0. The summed E-state index contributed by atoms with van der Waals surface area (Å²) in [5, 5.41) is 7.24. The molecule has 0 bridgehead atoms. The van der Waals surface area contributed by atoms with Crippen molar-refractivity contribution in [1.29, 1.82) is 0 Å². The summed E-state index contributed by atoms with van der Waals surface area (Å²) in [6, 6.07) is 0. The van der Waals surface area contributed by atoms with E-state index >= 15 is 0 Å². The highest BCUT2D eigenvalue weighted by Crippen LogP contribution is 2.20. The fourth-order valence-electron chi connectivity index (χ4n) is 1.21. The van der Waals surface area contributed by atoms with Crippen molar-refractivity contribution >= 4 is 17.3 Å². The lowest BCUT2D eigenvalue weighted by molar-refractivity contribution is 0.389. The summed E-state index contributed by atoms with van der Waals surface area (Å²) in [6.07, 6.45) is 2.57. The van der Waals surface area contributed by atoms with Crippen LogP contribution in [-0.4, -0.2) is 16.3 Å². The molecule has 0 amide bonds. The van der Waals surface area contributed by atoms with Gasteiger partial charge in [-0.05, 0) is 11.8 Å². The largest absolute Gasteiger partial charge is 0.382 e. The van der Waals surface area contributed by atoms with Crippen molar-refractivity contribution in [2.24, 2.45) is 12.5 Å². The predicted octanol–water partition coefficient (Wildman–Crippen LogP) is 2.28. The average molecular weight is 244 g/mol. The maximum absolute atomic E-state index is 11.5. The first-order chi connectivity index (χ1) is 7.31. The molecule has 0 aliphatic carbocycles. The zero-order valence-corrected chi connectivity index (χ0v) is 10.9. The Morgan fingerprint density at radius 2 is 2.12 bits per heavy atom. The summed E-state index contributed by atoms with van der Waals surface area (Å²) < 4.78 is 1.22. The van der Waals surface area contributed by atoms with Gasteiger partial charge in [0.2, 0.25) is 0 Å². The maximum Gasteiger partial charge on any atom is 0.287 e. The molecule has 16 heavy (non-hydrogen) atoms. The second kappa shape index (κ2) is 4.87. The summed E-state index contributed by atoms with van der Waals surface area (Å²) in [5.41, 5.74) is 0.587. The maximum atomic E-state index is 11.5. The minimum absolute atomic E-state index is 0.200.